The fourth-order valence-corrected chi connectivity index (χ4v) is 1.76. The van der Waals surface area contributed by atoms with Gasteiger partial charge in [-0.25, -0.2) is 8.42 Å². The maximum atomic E-state index is 10.5. The summed E-state index contributed by atoms with van der Waals surface area (Å²) in [6.07, 6.45) is 0. The topological polar surface area (TPSA) is 75.0 Å². The summed E-state index contributed by atoms with van der Waals surface area (Å²) in [4.78, 5) is 10.4. The molecule has 4 nitrogen and oxygen atoms in total. The quantitative estimate of drug-likeness (QED) is 0.544. The number of hydrogen-bond donors (Lipinski definition) is 0. The lowest BCUT2D eigenvalue weighted by Crippen LogP contribution is -2.21. The maximum Gasteiger partial charge on any atom is 0.208 e. The fraction of sp³-hybridized carbons (Fsp3) is 0.500. The average molecular weight is 179 g/mol. The van der Waals surface area contributed by atoms with Gasteiger partial charge >= 0.3 is 0 Å². The molecule has 0 rings (SSSR count). The summed E-state index contributed by atoms with van der Waals surface area (Å²) in [6.45, 7) is 1.06. The van der Waals surface area contributed by atoms with Crippen molar-refractivity contribution >= 4 is 23.7 Å². The van der Waals surface area contributed by atoms with E-state index in [2.05, 4.69) is 0 Å². The number of carbonyl (C=O) groups excluding carboxylic acids is 1. The number of Topliss-reactive ketones (excluding diaryl/α,β-unsaturated/α-hetero) is 1. The predicted molar refractivity (Wildman–Crippen MR) is 38.7 cm³/mol. The molecule has 0 aromatic heterocycles. The summed E-state index contributed by atoms with van der Waals surface area (Å²) in [6, 6.07) is 1.38. The molecule has 0 heterocycles. The molecule has 0 aromatic rings. The Morgan fingerprint density at radius 1 is 1.70 bits per heavy atom. The SMILES string of the molecule is CC(=O)C(C#N)S(=O)(=O)P. The number of rotatable bonds is 2. The van der Waals surface area contributed by atoms with E-state index in [9.17, 15) is 13.2 Å². The van der Waals surface area contributed by atoms with Crippen LogP contribution in [0.2, 0.25) is 0 Å². The Morgan fingerprint density at radius 3 is 2.10 bits per heavy atom. The molecule has 0 aliphatic rings. The molecule has 0 aliphatic heterocycles. The van der Waals surface area contributed by atoms with Gasteiger partial charge in [-0.1, -0.05) is 0 Å². The minimum Gasteiger partial charge on any atom is -0.297 e. The molecule has 0 bridgehead atoms. The molecule has 0 aliphatic carbocycles. The van der Waals surface area contributed by atoms with E-state index < -0.39 is 20.5 Å². The van der Waals surface area contributed by atoms with E-state index in [1.807, 2.05) is 0 Å². The highest BCUT2D eigenvalue weighted by atomic mass is 32.7. The summed E-state index contributed by atoms with van der Waals surface area (Å²) in [7, 11) is -2.14. The Morgan fingerprint density at radius 2 is 2.10 bits per heavy atom. The first-order chi connectivity index (χ1) is 4.39. The lowest BCUT2D eigenvalue weighted by Gasteiger charge is -1.98. The Hall–Kier alpha value is -0.460. The largest absolute Gasteiger partial charge is 0.297 e. The summed E-state index contributed by atoms with van der Waals surface area (Å²) in [5, 5.41) is 6.64. The Labute approximate surface area is 61.1 Å². The highest BCUT2D eigenvalue weighted by Crippen LogP contribution is 2.09. The molecule has 0 spiro atoms. The number of hydrogen-bond acceptors (Lipinski definition) is 4. The van der Waals surface area contributed by atoms with Gasteiger partial charge in [0.15, 0.2) is 15.2 Å². The second-order valence-corrected chi connectivity index (χ2v) is 5.33. The van der Waals surface area contributed by atoms with Gasteiger partial charge in [0.2, 0.25) is 5.25 Å². The van der Waals surface area contributed by atoms with E-state index in [-0.39, 0.29) is 0 Å². The average Bonchev–Trinajstić information content (AvgIpc) is 1.60. The van der Waals surface area contributed by atoms with Crippen LogP contribution in [0.15, 0.2) is 0 Å². The predicted octanol–water partition coefficient (Wildman–Crippen LogP) is -0.328. The third kappa shape index (κ3) is 2.42. The van der Waals surface area contributed by atoms with Gasteiger partial charge in [-0.3, -0.25) is 4.79 Å². The molecule has 10 heavy (non-hydrogen) atoms. The lowest BCUT2D eigenvalue weighted by molar-refractivity contribution is -0.115. The first-order valence-corrected chi connectivity index (χ1v) is 5.33. The molecule has 2 atom stereocenters. The van der Waals surface area contributed by atoms with Crippen LogP contribution < -0.4 is 0 Å². The van der Waals surface area contributed by atoms with Crippen LogP contribution in [-0.4, -0.2) is 19.5 Å². The van der Waals surface area contributed by atoms with Crippen molar-refractivity contribution in [2.45, 2.75) is 12.2 Å². The number of carbonyl (C=O) groups is 1. The molecule has 0 saturated heterocycles. The van der Waals surface area contributed by atoms with Crippen LogP contribution in [-0.2, 0) is 14.3 Å². The molecule has 2 unspecified atom stereocenters. The molecular weight excluding hydrogens is 173 g/mol. The third-order valence-corrected chi connectivity index (χ3v) is 2.73. The lowest BCUT2D eigenvalue weighted by atomic mass is 10.3. The van der Waals surface area contributed by atoms with Crippen molar-refractivity contribution in [3.8, 4) is 6.07 Å². The van der Waals surface area contributed by atoms with Crippen LogP contribution in [0.4, 0.5) is 0 Å². The van der Waals surface area contributed by atoms with Gasteiger partial charge in [-0.2, -0.15) is 5.26 Å². The van der Waals surface area contributed by atoms with Gasteiger partial charge in [0.25, 0.3) is 0 Å². The van der Waals surface area contributed by atoms with Crippen molar-refractivity contribution in [3.05, 3.63) is 0 Å². The normalized spacial score (nSPS) is 13.7. The van der Waals surface area contributed by atoms with Gasteiger partial charge < -0.3 is 0 Å². The van der Waals surface area contributed by atoms with Crippen molar-refractivity contribution in [1.29, 1.82) is 5.26 Å². The van der Waals surface area contributed by atoms with Crippen LogP contribution in [0, 0.1) is 11.3 Å². The van der Waals surface area contributed by atoms with E-state index in [0.717, 1.165) is 6.92 Å². The van der Waals surface area contributed by atoms with Crippen LogP contribution in [0.5, 0.6) is 0 Å². The molecule has 6 heteroatoms. The number of nitriles is 1. The van der Waals surface area contributed by atoms with Crippen molar-refractivity contribution in [3.63, 3.8) is 0 Å². The first-order valence-electron chi connectivity index (χ1n) is 2.31. The van der Waals surface area contributed by atoms with Crippen molar-refractivity contribution in [1.82, 2.24) is 0 Å². The van der Waals surface area contributed by atoms with E-state index >= 15 is 0 Å². The summed E-state index contributed by atoms with van der Waals surface area (Å²) in [5.74, 6) is -0.655. The van der Waals surface area contributed by atoms with E-state index in [4.69, 9.17) is 5.26 Å². The summed E-state index contributed by atoms with van der Waals surface area (Å²) in [5.41, 5.74) is 0. The number of nitrogens with zero attached hydrogens (tertiary/aromatic N) is 1. The molecule has 0 aromatic carbocycles. The molecule has 0 radical (unpaired) electrons. The second kappa shape index (κ2) is 3.09. The number of ketones is 1. The van der Waals surface area contributed by atoms with Crippen molar-refractivity contribution in [2.24, 2.45) is 0 Å². The zero-order valence-corrected chi connectivity index (χ0v) is 7.21. The molecule has 0 saturated carbocycles. The van der Waals surface area contributed by atoms with E-state index in [1.165, 1.54) is 14.5 Å². The Bertz CT molecular complexity index is 275. The van der Waals surface area contributed by atoms with Crippen LogP contribution in [0.1, 0.15) is 6.92 Å². The van der Waals surface area contributed by atoms with Gasteiger partial charge in [-0.05, 0) is 15.4 Å². The minimum absolute atomic E-state index is 0.655. The third-order valence-electron chi connectivity index (χ3n) is 0.815. The smallest absolute Gasteiger partial charge is 0.208 e. The van der Waals surface area contributed by atoms with E-state index in [0.29, 0.717) is 0 Å². The highest BCUT2D eigenvalue weighted by Gasteiger charge is 2.24. The molecule has 56 valence electrons. The molecule has 0 N–H and O–H groups in total. The standard InChI is InChI=1S/C4H6NO3PS/c1-3(6)4(2-5)10(7,8)9/h4H,9H2,1H3. The first kappa shape index (κ1) is 9.54. The van der Waals surface area contributed by atoms with Crippen LogP contribution >= 0.6 is 8.44 Å². The van der Waals surface area contributed by atoms with Crippen molar-refractivity contribution < 1.29 is 13.2 Å². The van der Waals surface area contributed by atoms with Gasteiger partial charge in [0, 0.05) is 0 Å². The van der Waals surface area contributed by atoms with Crippen molar-refractivity contribution in [2.75, 3.05) is 0 Å². The Balaban J connectivity index is 4.78. The highest BCUT2D eigenvalue weighted by molar-refractivity contribution is 8.38. The van der Waals surface area contributed by atoms with Crippen LogP contribution in [0.3, 0.4) is 0 Å². The van der Waals surface area contributed by atoms with Gasteiger partial charge in [-0.15, -0.1) is 0 Å². The summed E-state index contributed by atoms with van der Waals surface area (Å²) >= 11 is 0. The molecule has 0 fully saturated rings. The monoisotopic (exact) mass is 179 g/mol. The van der Waals surface area contributed by atoms with E-state index in [1.54, 1.807) is 0 Å². The molecule has 0 amide bonds. The summed E-state index contributed by atoms with van der Waals surface area (Å²) < 4.78 is 21.0. The van der Waals surface area contributed by atoms with Gasteiger partial charge in [0.1, 0.15) is 0 Å². The van der Waals surface area contributed by atoms with Gasteiger partial charge in [0.05, 0.1) is 6.07 Å². The fourth-order valence-electron chi connectivity index (χ4n) is 0.396. The minimum atomic E-state index is -3.61. The Kier molecular flexibility index (Phi) is 2.95. The zero-order valence-electron chi connectivity index (χ0n) is 5.23. The van der Waals surface area contributed by atoms with Crippen LogP contribution in [0.25, 0.3) is 0 Å². The molecular formula is C4H6NO3PS. The second-order valence-electron chi connectivity index (χ2n) is 1.71. The maximum absolute atomic E-state index is 10.5. The zero-order chi connectivity index (χ0) is 8.36.